The lowest BCUT2D eigenvalue weighted by Crippen LogP contribution is -3.13. The Kier molecular flexibility index (Phi) is 5.72. The number of hydrogen-bond donors (Lipinski definition) is 2. The first kappa shape index (κ1) is 18.6. The largest absolute Gasteiger partial charge is 0.507 e. The van der Waals surface area contributed by atoms with Gasteiger partial charge < -0.3 is 19.6 Å². The van der Waals surface area contributed by atoms with Crippen LogP contribution in [0.4, 0.5) is 5.69 Å². The van der Waals surface area contributed by atoms with Gasteiger partial charge in [-0.15, -0.1) is 0 Å². The number of nitrogens with zero attached hydrogens (tertiary/aromatic N) is 1. The Morgan fingerprint density at radius 1 is 1.15 bits per heavy atom. The molecule has 0 atom stereocenters. The number of benzene rings is 2. The summed E-state index contributed by atoms with van der Waals surface area (Å²) in [4.78, 5) is 3.92. The van der Waals surface area contributed by atoms with E-state index in [9.17, 15) is 5.11 Å². The number of phenolic OH excluding ortho intramolecular Hbond substituents is 1. The molecule has 0 amide bonds. The van der Waals surface area contributed by atoms with Gasteiger partial charge in [-0.05, 0) is 48.2 Å². The Labute approximate surface area is 157 Å². The number of nitrogens with one attached hydrogen (secondary N) is 1. The molecule has 0 spiro atoms. The van der Waals surface area contributed by atoms with Crippen molar-refractivity contribution in [1.29, 1.82) is 0 Å². The highest BCUT2D eigenvalue weighted by Crippen LogP contribution is 2.28. The molecule has 0 aliphatic carbocycles. The average Bonchev–Trinajstić information content (AvgIpc) is 2.64. The van der Waals surface area contributed by atoms with E-state index in [1.807, 2.05) is 18.2 Å². The van der Waals surface area contributed by atoms with Crippen molar-refractivity contribution in [3.05, 3.63) is 53.1 Å². The molecule has 140 valence electrons. The lowest BCUT2D eigenvalue weighted by molar-refractivity contribution is -0.914. The third-order valence-corrected chi connectivity index (χ3v) is 5.43. The molecule has 3 rings (SSSR count). The number of methoxy groups -OCH3 is 1. The van der Waals surface area contributed by atoms with Gasteiger partial charge in [-0.2, -0.15) is 0 Å². The van der Waals surface area contributed by atoms with Crippen LogP contribution < -0.4 is 14.5 Å². The summed E-state index contributed by atoms with van der Waals surface area (Å²) in [6.45, 7) is 11.5. The zero-order valence-electron chi connectivity index (χ0n) is 16.4. The SMILES string of the molecule is COc1ccccc1N1CC[NH+](Cc2cc(C(C)C)c(C)cc2O)CC1. The minimum atomic E-state index is 0.437. The quantitative estimate of drug-likeness (QED) is 0.866. The van der Waals surface area contributed by atoms with Gasteiger partial charge in [0.15, 0.2) is 0 Å². The van der Waals surface area contributed by atoms with Crippen molar-refractivity contribution in [1.82, 2.24) is 0 Å². The smallest absolute Gasteiger partial charge is 0.142 e. The van der Waals surface area contributed by atoms with Crippen LogP contribution in [-0.4, -0.2) is 38.4 Å². The lowest BCUT2D eigenvalue weighted by atomic mass is 9.95. The predicted octanol–water partition coefficient (Wildman–Crippen LogP) is 2.74. The molecule has 0 radical (unpaired) electrons. The normalized spacial score (nSPS) is 15.5. The fraction of sp³-hybridized carbons (Fsp3) is 0.455. The van der Waals surface area contributed by atoms with Crippen LogP contribution in [0.15, 0.2) is 36.4 Å². The van der Waals surface area contributed by atoms with E-state index < -0.39 is 0 Å². The van der Waals surface area contributed by atoms with Gasteiger partial charge >= 0.3 is 0 Å². The minimum absolute atomic E-state index is 0.437. The number of piperazine rings is 1. The molecule has 1 aliphatic heterocycles. The summed E-state index contributed by atoms with van der Waals surface area (Å²) in [6.07, 6.45) is 0. The fourth-order valence-electron chi connectivity index (χ4n) is 3.92. The molecule has 1 saturated heterocycles. The molecular weight excluding hydrogens is 324 g/mol. The van der Waals surface area contributed by atoms with E-state index in [4.69, 9.17) is 4.74 Å². The second-order valence-corrected chi connectivity index (χ2v) is 7.58. The van der Waals surface area contributed by atoms with Gasteiger partial charge in [0.25, 0.3) is 0 Å². The Balaban J connectivity index is 1.67. The van der Waals surface area contributed by atoms with E-state index in [1.165, 1.54) is 21.7 Å². The monoisotopic (exact) mass is 355 g/mol. The third kappa shape index (κ3) is 3.96. The van der Waals surface area contributed by atoms with Crippen LogP contribution in [0, 0.1) is 6.92 Å². The molecule has 4 nitrogen and oxygen atoms in total. The molecule has 0 bridgehead atoms. The van der Waals surface area contributed by atoms with Gasteiger partial charge in [-0.25, -0.2) is 0 Å². The zero-order valence-corrected chi connectivity index (χ0v) is 16.4. The topological polar surface area (TPSA) is 37.1 Å². The summed E-state index contributed by atoms with van der Waals surface area (Å²) in [6, 6.07) is 12.4. The van der Waals surface area contributed by atoms with Crippen molar-refractivity contribution < 1.29 is 14.7 Å². The average molecular weight is 356 g/mol. The predicted molar refractivity (Wildman–Crippen MR) is 107 cm³/mol. The summed E-state index contributed by atoms with van der Waals surface area (Å²) < 4.78 is 5.50. The summed E-state index contributed by atoms with van der Waals surface area (Å²) in [5.74, 6) is 1.85. The maximum atomic E-state index is 10.4. The van der Waals surface area contributed by atoms with Crippen molar-refractivity contribution in [3.63, 3.8) is 0 Å². The Morgan fingerprint density at radius 3 is 2.50 bits per heavy atom. The van der Waals surface area contributed by atoms with Crippen LogP contribution in [0.1, 0.15) is 36.5 Å². The van der Waals surface area contributed by atoms with Gasteiger partial charge in [0.05, 0.1) is 39.0 Å². The van der Waals surface area contributed by atoms with Gasteiger partial charge in [-0.3, -0.25) is 0 Å². The summed E-state index contributed by atoms with van der Waals surface area (Å²) >= 11 is 0. The molecule has 2 aromatic rings. The number of phenols is 1. The zero-order chi connectivity index (χ0) is 18.7. The number of ether oxygens (including phenoxy) is 1. The van der Waals surface area contributed by atoms with Gasteiger partial charge in [0.2, 0.25) is 0 Å². The Bertz CT molecular complexity index is 750. The van der Waals surface area contributed by atoms with E-state index in [0.717, 1.165) is 44.0 Å². The van der Waals surface area contributed by atoms with E-state index in [0.29, 0.717) is 11.7 Å². The number of rotatable bonds is 5. The van der Waals surface area contributed by atoms with Gasteiger partial charge in [-0.1, -0.05) is 26.0 Å². The molecule has 0 unspecified atom stereocenters. The van der Waals surface area contributed by atoms with Crippen LogP contribution in [0.3, 0.4) is 0 Å². The van der Waals surface area contributed by atoms with Crippen LogP contribution in [0.2, 0.25) is 0 Å². The Hall–Kier alpha value is -2.20. The number of aromatic hydroxyl groups is 1. The van der Waals surface area contributed by atoms with Crippen LogP contribution in [-0.2, 0) is 6.54 Å². The van der Waals surface area contributed by atoms with Gasteiger partial charge in [0, 0.05) is 5.56 Å². The molecule has 2 aromatic carbocycles. The maximum Gasteiger partial charge on any atom is 0.142 e. The first-order chi connectivity index (χ1) is 12.5. The van der Waals surface area contributed by atoms with Crippen LogP contribution >= 0.6 is 0 Å². The van der Waals surface area contributed by atoms with Crippen molar-refractivity contribution in [2.75, 3.05) is 38.2 Å². The van der Waals surface area contributed by atoms with E-state index in [1.54, 1.807) is 7.11 Å². The molecule has 4 heteroatoms. The highest BCUT2D eigenvalue weighted by molar-refractivity contribution is 5.58. The van der Waals surface area contributed by atoms with E-state index in [-0.39, 0.29) is 0 Å². The Morgan fingerprint density at radius 2 is 1.85 bits per heavy atom. The molecular formula is C22H31N2O2+. The molecule has 26 heavy (non-hydrogen) atoms. The summed E-state index contributed by atoms with van der Waals surface area (Å²) in [5.41, 5.74) is 4.76. The molecule has 1 aliphatic rings. The van der Waals surface area contributed by atoms with Crippen LogP contribution in [0.5, 0.6) is 11.5 Å². The van der Waals surface area contributed by atoms with E-state index in [2.05, 4.69) is 43.9 Å². The minimum Gasteiger partial charge on any atom is -0.507 e. The van der Waals surface area contributed by atoms with Crippen molar-refractivity contribution in [2.24, 2.45) is 0 Å². The first-order valence-corrected chi connectivity index (χ1v) is 9.53. The van der Waals surface area contributed by atoms with E-state index >= 15 is 0 Å². The van der Waals surface area contributed by atoms with Crippen molar-refractivity contribution >= 4 is 5.69 Å². The molecule has 1 fully saturated rings. The van der Waals surface area contributed by atoms with Crippen molar-refractivity contribution in [3.8, 4) is 11.5 Å². The third-order valence-electron chi connectivity index (χ3n) is 5.43. The molecule has 0 aromatic heterocycles. The second-order valence-electron chi connectivity index (χ2n) is 7.58. The molecule has 1 heterocycles. The maximum absolute atomic E-state index is 10.4. The highest BCUT2D eigenvalue weighted by Gasteiger charge is 2.23. The number of hydrogen-bond acceptors (Lipinski definition) is 3. The second kappa shape index (κ2) is 8.00. The first-order valence-electron chi connectivity index (χ1n) is 9.53. The molecule has 2 N–H and O–H groups in total. The summed E-state index contributed by atoms with van der Waals surface area (Å²) in [7, 11) is 1.73. The number of aryl methyl sites for hydroxylation is 1. The lowest BCUT2D eigenvalue weighted by Gasteiger charge is -2.34. The van der Waals surface area contributed by atoms with Gasteiger partial charge in [0.1, 0.15) is 18.0 Å². The highest BCUT2D eigenvalue weighted by atomic mass is 16.5. The number of anilines is 1. The standard InChI is InChI=1S/C22H30N2O2/c1-16(2)19-14-18(21(25)13-17(19)3)15-23-9-11-24(12-10-23)20-7-5-6-8-22(20)26-4/h5-8,13-14,16,25H,9-12,15H2,1-4H3/p+1. The number of quaternary nitrogens is 1. The van der Waals surface area contributed by atoms with Crippen molar-refractivity contribution in [2.45, 2.75) is 33.2 Å². The van der Waals surface area contributed by atoms with Crippen LogP contribution in [0.25, 0.3) is 0 Å². The number of para-hydroxylation sites is 2. The molecule has 0 saturated carbocycles. The fourth-order valence-corrected chi connectivity index (χ4v) is 3.92. The summed E-state index contributed by atoms with van der Waals surface area (Å²) in [5, 5.41) is 10.4.